The average Bonchev–Trinajstić information content (AvgIpc) is 4.05. The number of hydrogen-bond acceptors (Lipinski definition) is 8. The molecule has 0 radical (unpaired) electrons. The molecule has 1 aliphatic heterocycles. The number of hydrogen-bond donors (Lipinski definition) is 5. The summed E-state index contributed by atoms with van der Waals surface area (Å²) in [6, 6.07) is 13.4. The van der Waals surface area contributed by atoms with Crippen LogP contribution >= 0.6 is 0 Å². The number of ether oxygens (including phenoxy) is 2. The number of aromatic nitrogens is 4. The zero-order chi connectivity index (χ0) is 40.4. The van der Waals surface area contributed by atoms with E-state index in [-0.39, 0.29) is 41.7 Å². The zero-order valence-electron chi connectivity index (χ0n) is 33.6. The molecule has 0 spiro atoms. The fourth-order valence-corrected chi connectivity index (χ4v) is 8.62. The Bertz CT molecular complexity index is 2110. The normalized spacial score (nSPS) is 19.8. The summed E-state index contributed by atoms with van der Waals surface area (Å²) >= 11 is 0. The number of carbonyl (C=O) groups excluding carboxylic acids is 4. The van der Waals surface area contributed by atoms with Crippen molar-refractivity contribution in [3.63, 3.8) is 0 Å². The van der Waals surface area contributed by atoms with E-state index < -0.39 is 24.3 Å². The Morgan fingerprint density at radius 1 is 0.789 bits per heavy atom. The van der Waals surface area contributed by atoms with Crippen molar-refractivity contribution in [2.24, 2.45) is 11.8 Å². The van der Waals surface area contributed by atoms with E-state index >= 15 is 0 Å². The number of aromatic amines is 2. The summed E-state index contributed by atoms with van der Waals surface area (Å²) in [6.07, 6.45) is 6.70. The number of nitrogens with one attached hydrogen (secondary N) is 5. The van der Waals surface area contributed by atoms with E-state index in [0.717, 1.165) is 95.9 Å². The van der Waals surface area contributed by atoms with Gasteiger partial charge in [0.15, 0.2) is 0 Å². The number of aryl methyl sites for hydroxylation is 2. The molecule has 2 aromatic carbocycles. The first-order valence-electron chi connectivity index (χ1n) is 20.1. The fraction of sp³-hybridized carbons (Fsp3) is 0.488. The van der Waals surface area contributed by atoms with Crippen molar-refractivity contribution >= 4 is 24.0 Å². The highest BCUT2D eigenvalue weighted by atomic mass is 16.5. The molecule has 2 fully saturated rings. The Labute approximate surface area is 333 Å². The van der Waals surface area contributed by atoms with Crippen LogP contribution in [0.25, 0.3) is 33.6 Å². The number of nitrogens with zero attached hydrogens (tertiary/aromatic N) is 3. The molecule has 2 aliphatic carbocycles. The molecule has 14 nitrogen and oxygen atoms in total. The molecule has 14 heteroatoms. The molecule has 5 atom stereocenters. The molecular formula is C43H54N8O6. The molecule has 57 heavy (non-hydrogen) atoms. The minimum atomic E-state index is -0.690. The predicted octanol–water partition coefficient (Wildman–Crippen LogP) is 6.41. The van der Waals surface area contributed by atoms with Crippen LogP contribution in [0.4, 0.5) is 9.59 Å². The number of amides is 4. The van der Waals surface area contributed by atoms with E-state index in [1.165, 1.54) is 19.8 Å². The Morgan fingerprint density at radius 2 is 1.47 bits per heavy atom. The van der Waals surface area contributed by atoms with E-state index in [2.05, 4.69) is 68.4 Å². The van der Waals surface area contributed by atoms with Gasteiger partial charge in [0.1, 0.15) is 23.7 Å². The third kappa shape index (κ3) is 8.26. The number of H-pyrrole nitrogens is 2. The number of imidazole rings is 2. The third-order valence-electron chi connectivity index (χ3n) is 11.8. The standard InChI is InChI=1S/C43H54N8O6/c1-23(2)35(49-42(54)56-5)40(52)47-31-10-7-9-30(31)38-44-22-33(46-38)26-14-12-25(13-15-26)27-16-18-29-28(21-27)17-19-32-37(29)48-39(45-32)34-11-8-20-51(34)41(53)36(24(3)4)50-43(55)57-6/h12-16,18,21-24,30-31,34-36H,7-11,17,19-20H2,1-6H3,(H,44,46)(H,45,48)(H,47,52)(H,49,54)(H,50,55)/t30-,31+,34+,35+,36+/m1/s1. The molecule has 302 valence electrons. The molecule has 0 bridgehead atoms. The van der Waals surface area contributed by atoms with Gasteiger partial charge in [0.2, 0.25) is 11.8 Å². The van der Waals surface area contributed by atoms with Crippen molar-refractivity contribution in [1.29, 1.82) is 0 Å². The van der Waals surface area contributed by atoms with Crippen molar-refractivity contribution in [2.45, 2.75) is 103 Å². The van der Waals surface area contributed by atoms with Gasteiger partial charge in [-0.15, -0.1) is 0 Å². The molecule has 4 amide bonds. The van der Waals surface area contributed by atoms with E-state index in [1.807, 2.05) is 38.8 Å². The SMILES string of the molecule is COC(=O)N[C@H](C(=O)N[C@H]1CCC[C@H]1c1ncc(-c2ccc(-c3ccc4c(c3)CCc3[nH]c([C@@H]5CCCN5C(=O)[C@@H](NC(=O)OC)C(C)C)nc3-4)cc2)[nH]1)C(C)C. The summed E-state index contributed by atoms with van der Waals surface area (Å²) in [6.45, 7) is 8.23. The number of benzene rings is 2. The number of rotatable bonds is 11. The second-order valence-corrected chi connectivity index (χ2v) is 16.1. The highest BCUT2D eigenvalue weighted by molar-refractivity contribution is 5.87. The first kappa shape index (κ1) is 39.6. The number of fused-ring (bicyclic) bond motifs is 3. The minimum Gasteiger partial charge on any atom is -0.453 e. The molecule has 3 heterocycles. The van der Waals surface area contributed by atoms with Gasteiger partial charge >= 0.3 is 12.2 Å². The Hall–Kier alpha value is -5.66. The molecule has 1 saturated heterocycles. The molecule has 5 N–H and O–H groups in total. The van der Waals surface area contributed by atoms with Crippen molar-refractivity contribution in [1.82, 2.24) is 40.8 Å². The number of alkyl carbamates (subject to hydrolysis) is 2. The third-order valence-corrected chi connectivity index (χ3v) is 11.8. The van der Waals surface area contributed by atoms with Crippen LogP contribution in [0.15, 0.2) is 48.7 Å². The lowest BCUT2D eigenvalue weighted by molar-refractivity contribution is -0.135. The van der Waals surface area contributed by atoms with Crippen molar-refractivity contribution < 1.29 is 28.7 Å². The highest BCUT2D eigenvalue weighted by Crippen LogP contribution is 2.39. The maximum absolute atomic E-state index is 13.7. The lowest BCUT2D eigenvalue weighted by Crippen LogP contribution is -2.52. The fourth-order valence-electron chi connectivity index (χ4n) is 8.62. The zero-order valence-corrected chi connectivity index (χ0v) is 33.6. The van der Waals surface area contributed by atoms with Gasteiger partial charge in [-0.2, -0.15) is 0 Å². The lowest BCUT2D eigenvalue weighted by atomic mass is 9.89. The molecule has 1 saturated carbocycles. The first-order chi connectivity index (χ1) is 27.4. The van der Waals surface area contributed by atoms with Gasteiger partial charge in [0.05, 0.1) is 37.8 Å². The van der Waals surface area contributed by atoms with Gasteiger partial charge in [0, 0.05) is 29.8 Å². The Balaban J connectivity index is 1.03. The maximum atomic E-state index is 13.7. The molecule has 4 aromatic rings. The van der Waals surface area contributed by atoms with Crippen LogP contribution in [0.2, 0.25) is 0 Å². The first-order valence-corrected chi connectivity index (χ1v) is 20.1. The lowest BCUT2D eigenvalue weighted by Gasteiger charge is -2.30. The number of methoxy groups -OCH3 is 2. The topological polar surface area (TPSA) is 183 Å². The van der Waals surface area contributed by atoms with Crippen molar-refractivity contribution in [3.05, 3.63) is 71.6 Å². The van der Waals surface area contributed by atoms with Gasteiger partial charge in [-0.1, -0.05) is 76.6 Å². The molecular weight excluding hydrogens is 725 g/mol. The summed E-state index contributed by atoms with van der Waals surface area (Å²) in [5.74, 6) is 1.15. The van der Waals surface area contributed by atoms with E-state index in [9.17, 15) is 19.2 Å². The van der Waals surface area contributed by atoms with Gasteiger partial charge in [-0.3, -0.25) is 9.59 Å². The summed E-state index contributed by atoms with van der Waals surface area (Å²) < 4.78 is 9.52. The molecule has 0 unspecified atom stereocenters. The van der Waals surface area contributed by atoms with Gasteiger partial charge in [0.25, 0.3) is 0 Å². The monoisotopic (exact) mass is 778 g/mol. The van der Waals surface area contributed by atoms with E-state index in [4.69, 9.17) is 19.4 Å². The molecule has 3 aliphatic rings. The van der Waals surface area contributed by atoms with Gasteiger partial charge in [-0.25, -0.2) is 19.6 Å². The highest BCUT2D eigenvalue weighted by Gasteiger charge is 2.39. The second-order valence-electron chi connectivity index (χ2n) is 16.1. The Morgan fingerprint density at radius 3 is 2.18 bits per heavy atom. The summed E-state index contributed by atoms with van der Waals surface area (Å²) in [5.41, 5.74) is 8.53. The molecule has 2 aromatic heterocycles. The van der Waals surface area contributed by atoms with Gasteiger partial charge in [-0.05, 0) is 72.6 Å². The summed E-state index contributed by atoms with van der Waals surface area (Å²) in [7, 11) is 2.59. The van der Waals surface area contributed by atoms with Crippen LogP contribution < -0.4 is 16.0 Å². The largest absolute Gasteiger partial charge is 0.453 e. The van der Waals surface area contributed by atoms with Crippen molar-refractivity contribution in [2.75, 3.05) is 20.8 Å². The van der Waals surface area contributed by atoms with Crippen LogP contribution in [0.5, 0.6) is 0 Å². The quantitative estimate of drug-likeness (QED) is 0.116. The van der Waals surface area contributed by atoms with Crippen LogP contribution in [-0.4, -0.2) is 87.7 Å². The van der Waals surface area contributed by atoms with Gasteiger partial charge < -0.3 is 40.3 Å². The van der Waals surface area contributed by atoms with E-state index in [1.54, 1.807) is 0 Å². The number of likely N-dealkylation sites (tertiary alicyclic amines) is 1. The maximum Gasteiger partial charge on any atom is 0.407 e. The van der Waals surface area contributed by atoms with Crippen LogP contribution in [0.1, 0.15) is 94.7 Å². The second kappa shape index (κ2) is 16.8. The summed E-state index contributed by atoms with van der Waals surface area (Å²) in [5, 5.41) is 8.55. The minimum absolute atomic E-state index is 0.0432. The molecule has 7 rings (SSSR count). The van der Waals surface area contributed by atoms with Crippen molar-refractivity contribution in [3.8, 4) is 33.6 Å². The van der Waals surface area contributed by atoms with Crippen LogP contribution in [0.3, 0.4) is 0 Å². The predicted molar refractivity (Wildman–Crippen MR) is 215 cm³/mol. The smallest absolute Gasteiger partial charge is 0.407 e. The Kier molecular flexibility index (Phi) is 11.7. The summed E-state index contributed by atoms with van der Waals surface area (Å²) in [4.78, 5) is 69.5. The number of carbonyl (C=O) groups is 4. The van der Waals surface area contributed by atoms with E-state index in [0.29, 0.717) is 6.54 Å². The average molecular weight is 779 g/mol. The van der Waals surface area contributed by atoms with Crippen LogP contribution in [0, 0.1) is 11.8 Å². The van der Waals surface area contributed by atoms with Crippen LogP contribution in [-0.2, 0) is 31.9 Å².